The van der Waals surface area contributed by atoms with Gasteiger partial charge in [-0.3, -0.25) is 14.9 Å². The molecule has 0 spiro atoms. The monoisotopic (exact) mass is 509 g/mol. The first kappa shape index (κ1) is 27.8. The molecule has 0 radical (unpaired) electrons. The van der Waals surface area contributed by atoms with E-state index in [1.54, 1.807) is 0 Å². The fourth-order valence-corrected chi connectivity index (χ4v) is 4.36. The van der Waals surface area contributed by atoms with Crippen molar-refractivity contribution in [2.75, 3.05) is 43.4 Å². The molecule has 2 aromatic heterocycles. The Bertz CT molecular complexity index is 1120. The molecule has 0 fully saturated rings. The zero-order chi connectivity index (χ0) is 26.6. The minimum atomic E-state index is -0.606. The van der Waals surface area contributed by atoms with Crippen LogP contribution >= 0.6 is 0 Å². The molecule has 3 rings (SSSR count). The summed E-state index contributed by atoms with van der Waals surface area (Å²) in [5.74, 6) is 0.910. The van der Waals surface area contributed by atoms with Gasteiger partial charge in [-0.05, 0) is 61.9 Å². The Kier molecular flexibility index (Phi) is 10.6. The molecule has 3 heterocycles. The third kappa shape index (κ3) is 8.68. The van der Waals surface area contributed by atoms with Crippen LogP contribution in [0.4, 0.5) is 11.6 Å². The van der Waals surface area contributed by atoms with Crippen LogP contribution in [0.15, 0.2) is 24.5 Å². The van der Waals surface area contributed by atoms with Gasteiger partial charge >= 0.3 is 5.82 Å². The molecule has 0 saturated heterocycles. The van der Waals surface area contributed by atoms with Crippen molar-refractivity contribution in [1.82, 2.24) is 20.2 Å². The summed E-state index contributed by atoms with van der Waals surface area (Å²) in [6.45, 7) is 6.52. The van der Waals surface area contributed by atoms with Crippen LogP contribution in [0.25, 0.3) is 0 Å². The Morgan fingerprint density at radius 1 is 1.27 bits per heavy atom. The van der Waals surface area contributed by atoms with E-state index in [4.69, 9.17) is 4.98 Å². The number of nitrogens with one attached hydrogen (secondary N) is 3. The molecule has 37 heavy (non-hydrogen) atoms. The predicted octanol–water partition coefficient (Wildman–Crippen LogP) is 1.45. The van der Waals surface area contributed by atoms with E-state index in [0.717, 1.165) is 61.4 Å². The minimum absolute atomic E-state index is 0.00440. The number of nitriles is 1. The standard InChI is InChI=1S/C26H36N8O3/c1-19(35)23(32-26-24(18-27)29-13-17-34(26)37)10-15-33(16-12-28-20(2)36)14-4-3-7-22-9-8-21-6-5-11-30-25(21)31-22/h8-9,13,17,23,37H,3-7,10-12,14-16H2,1-2H3,(H2,28,30,31,36)/p+1/t23-/m0/s1. The Morgan fingerprint density at radius 2 is 2.11 bits per heavy atom. The zero-order valence-corrected chi connectivity index (χ0v) is 21.7. The molecule has 0 bridgehead atoms. The number of aromatic nitrogens is 3. The number of unbranched alkanes of at least 4 members (excludes halogenated alkanes) is 1. The number of Topliss-reactive ketones (excluding diaryl/α,β-unsaturated/α-hetero) is 1. The van der Waals surface area contributed by atoms with Crippen molar-refractivity contribution in [3.63, 3.8) is 0 Å². The number of aryl methyl sites for hydroxylation is 2. The number of hydrogen-bond donors (Lipinski definition) is 4. The van der Waals surface area contributed by atoms with Crippen molar-refractivity contribution >= 4 is 23.3 Å². The molecule has 1 amide bonds. The SMILES string of the molecule is CC(=O)NCCN(CCCCc1ccc2c(n1)NCCC2)CC[C@H](Nc1c(C#N)ncc[n+]1O)C(C)=O. The highest BCUT2D eigenvalue weighted by atomic mass is 16.5. The van der Waals surface area contributed by atoms with Gasteiger partial charge in [-0.25, -0.2) is 9.97 Å². The lowest BCUT2D eigenvalue weighted by Crippen LogP contribution is -2.42. The first-order chi connectivity index (χ1) is 17.9. The Hall–Kier alpha value is -3.78. The quantitative estimate of drug-likeness (QED) is 0.169. The molecule has 1 atom stereocenters. The molecule has 1 aliphatic heterocycles. The highest BCUT2D eigenvalue weighted by Gasteiger charge is 2.26. The van der Waals surface area contributed by atoms with Crippen molar-refractivity contribution in [2.45, 2.75) is 58.4 Å². The third-order valence-electron chi connectivity index (χ3n) is 6.42. The number of carbonyl (C=O) groups excluding carboxylic acids is 2. The summed E-state index contributed by atoms with van der Waals surface area (Å²) in [7, 11) is 0. The molecule has 0 aliphatic carbocycles. The predicted molar refractivity (Wildman–Crippen MR) is 138 cm³/mol. The van der Waals surface area contributed by atoms with E-state index in [-0.39, 0.29) is 23.2 Å². The lowest BCUT2D eigenvalue weighted by Gasteiger charge is -2.24. The summed E-state index contributed by atoms with van der Waals surface area (Å²) in [4.78, 5) is 34.6. The normalized spacial score (nSPS) is 13.2. The van der Waals surface area contributed by atoms with Crippen LogP contribution in [0, 0.1) is 11.3 Å². The maximum atomic E-state index is 12.4. The second-order valence-electron chi connectivity index (χ2n) is 9.30. The number of ketones is 1. The summed E-state index contributed by atoms with van der Waals surface area (Å²) in [6, 6.07) is 5.61. The van der Waals surface area contributed by atoms with Crippen LogP contribution in [0.5, 0.6) is 0 Å². The summed E-state index contributed by atoms with van der Waals surface area (Å²) in [5, 5.41) is 28.6. The lowest BCUT2D eigenvalue weighted by atomic mass is 10.1. The molecular formula is C26H37N8O3+. The van der Waals surface area contributed by atoms with Crippen LogP contribution in [-0.2, 0) is 22.4 Å². The van der Waals surface area contributed by atoms with Crippen molar-refractivity contribution in [3.05, 3.63) is 41.5 Å². The minimum Gasteiger partial charge on any atom is -0.370 e. The maximum Gasteiger partial charge on any atom is 0.351 e. The molecule has 2 aromatic rings. The second-order valence-corrected chi connectivity index (χ2v) is 9.30. The van der Waals surface area contributed by atoms with Crippen molar-refractivity contribution in [2.24, 2.45) is 0 Å². The molecule has 0 saturated carbocycles. The number of fused-ring (bicyclic) bond motifs is 1. The van der Waals surface area contributed by atoms with Gasteiger partial charge in [0.2, 0.25) is 11.6 Å². The van der Waals surface area contributed by atoms with Crippen LogP contribution in [0.2, 0.25) is 0 Å². The van der Waals surface area contributed by atoms with E-state index in [9.17, 15) is 20.1 Å². The van der Waals surface area contributed by atoms with Gasteiger partial charge in [-0.15, -0.1) is 0 Å². The van der Waals surface area contributed by atoms with Crippen molar-refractivity contribution < 1.29 is 19.5 Å². The topological polar surface area (TPSA) is 147 Å². The number of amides is 1. The van der Waals surface area contributed by atoms with Gasteiger partial charge in [0.15, 0.2) is 18.0 Å². The van der Waals surface area contributed by atoms with E-state index in [1.165, 1.54) is 31.8 Å². The number of hydrogen-bond acceptors (Lipinski definition) is 9. The summed E-state index contributed by atoms with van der Waals surface area (Å²) in [5.41, 5.74) is 2.37. The van der Waals surface area contributed by atoms with E-state index >= 15 is 0 Å². The van der Waals surface area contributed by atoms with E-state index in [0.29, 0.717) is 26.1 Å². The van der Waals surface area contributed by atoms with Crippen LogP contribution in [0.3, 0.4) is 0 Å². The van der Waals surface area contributed by atoms with Crippen molar-refractivity contribution in [3.8, 4) is 6.07 Å². The smallest absolute Gasteiger partial charge is 0.351 e. The highest BCUT2D eigenvalue weighted by molar-refractivity contribution is 5.84. The largest absolute Gasteiger partial charge is 0.370 e. The number of carbonyl (C=O) groups is 2. The Morgan fingerprint density at radius 3 is 2.86 bits per heavy atom. The van der Waals surface area contributed by atoms with E-state index in [2.05, 4.69) is 38.0 Å². The van der Waals surface area contributed by atoms with Gasteiger partial charge < -0.3 is 20.7 Å². The molecular weight excluding hydrogens is 472 g/mol. The fraction of sp³-hybridized carbons (Fsp3) is 0.538. The number of anilines is 2. The van der Waals surface area contributed by atoms with Gasteiger partial charge in [-0.2, -0.15) is 5.26 Å². The molecule has 1 aliphatic rings. The maximum absolute atomic E-state index is 12.4. The summed E-state index contributed by atoms with van der Waals surface area (Å²) >= 11 is 0. The third-order valence-corrected chi connectivity index (χ3v) is 6.42. The fourth-order valence-electron chi connectivity index (χ4n) is 4.36. The van der Waals surface area contributed by atoms with Crippen LogP contribution in [-0.4, -0.2) is 70.5 Å². The second kappa shape index (κ2) is 14.1. The zero-order valence-electron chi connectivity index (χ0n) is 21.7. The Labute approximate surface area is 217 Å². The first-order valence-corrected chi connectivity index (χ1v) is 12.8. The van der Waals surface area contributed by atoms with Crippen LogP contribution < -0.4 is 20.7 Å². The molecule has 4 N–H and O–H groups in total. The van der Waals surface area contributed by atoms with Gasteiger partial charge in [0.25, 0.3) is 0 Å². The van der Waals surface area contributed by atoms with E-state index in [1.807, 2.05) is 6.07 Å². The highest BCUT2D eigenvalue weighted by Crippen LogP contribution is 2.20. The van der Waals surface area contributed by atoms with E-state index < -0.39 is 6.04 Å². The number of rotatable bonds is 14. The average Bonchev–Trinajstić information content (AvgIpc) is 2.88. The molecule has 0 aromatic carbocycles. The molecule has 11 nitrogen and oxygen atoms in total. The van der Waals surface area contributed by atoms with Crippen LogP contribution in [0.1, 0.15) is 56.5 Å². The van der Waals surface area contributed by atoms with Crippen molar-refractivity contribution in [1.29, 1.82) is 5.26 Å². The lowest BCUT2D eigenvalue weighted by molar-refractivity contribution is -0.894. The van der Waals surface area contributed by atoms with Gasteiger partial charge in [0.05, 0.1) is 6.20 Å². The molecule has 198 valence electrons. The van der Waals surface area contributed by atoms with Gasteiger partial charge in [0.1, 0.15) is 11.9 Å². The first-order valence-electron chi connectivity index (χ1n) is 12.8. The molecule has 11 heteroatoms. The average molecular weight is 510 g/mol. The number of nitrogens with zero attached hydrogens (tertiary/aromatic N) is 5. The van der Waals surface area contributed by atoms with Gasteiger partial charge in [-0.1, -0.05) is 6.07 Å². The molecule has 0 unspecified atom stereocenters. The summed E-state index contributed by atoms with van der Waals surface area (Å²) < 4.78 is 0.764. The summed E-state index contributed by atoms with van der Waals surface area (Å²) in [6.07, 6.45) is 8.11. The van der Waals surface area contributed by atoms with Gasteiger partial charge in [0, 0.05) is 45.2 Å². The Balaban J connectivity index is 1.55. The number of pyridine rings is 1.